The van der Waals surface area contributed by atoms with Gasteiger partial charge in [-0.05, 0) is 33.6 Å². The van der Waals surface area contributed by atoms with Crippen LogP contribution in [0.4, 0.5) is 0 Å². The van der Waals surface area contributed by atoms with Gasteiger partial charge in [0.2, 0.25) is 5.82 Å². The van der Waals surface area contributed by atoms with Crippen LogP contribution in [0.3, 0.4) is 0 Å². The lowest BCUT2D eigenvalue weighted by Crippen LogP contribution is -2.05. The molecule has 4 nitrogen and oxygen atoms in total. The molecule has 0 aliphatic heterocycles. The molecule has 0 N–H and O–H groups in total. The lowest BCUT2D eigenvalue weighted by atomic mass is 10.2. The quantitative estimate of drug-likeness (QED) is 0.596. The number of furan rings is 1. The minimum absolute atomic E-state index is 0.440. The van der Waals surface area contributed by atoms with Crippen LogP contribution in [-0.4, -0.2) is 20.0 Å². The van der Waals surface area contributed by atoms with E-state index in [1.54, 1.807) is 11.8 Å². The molecule has 0 radical (unpaired) electrons. The highest BCUT2D eigenvalue weighted by atomic mass is 79.9. The Morgan fingerprint density at radius 2 is 1.91 bits per heavy atom. The van der Waals surface area contributed by atoms with Gasteiger partial charge in [-0.3, -0.25) is 4.57 Å². The van der Waals surface area contributed by atoms with Gasteiger partial charge in [0.15, 0.2) is 15.6 Å². The Labute approximate surface area is 142 Å². The average Bonchev–Trinajstić information content (AvgIpc) is 3.07. The van der Waals surface area contributed by atoms with Gasteiger partial charge in [-0.2, -0.15) is 0 Å². The highest BCUT2D eigenvalue weighted by Gasteiger charge is 2.18. The molecule has 3 rings (SSSR count). The van der Waals surface area contributed by atoms with Crippen molar-refractivity contribution >= 4 is 27.7 Å². The van der Waals surface area contributed by atoms with Crippen molar-refractivity contribution < 1.29 is 4.42 Å². The highest BCUT2D eigenvalue weighted by Crippen LogP contribution is 2.29. The number of thioether (sulfide) groups is 1. The van der Waals surface area contributed by atoms with Gasteiger partial charge in [0.05, 0.1) is 6.54 Å². The second-order valence-corrected chi connectivity index (χ2v) is 7.47. The molecule has 0 spiro atoms. The monoisotopic (exact) mass is 377 g/mol. The maximum atomic E-state index is 5.65. The van der Waals surface area contributed by atoms with E-state index in [1.165, 1.54) is 5.56 Å². The Kier molecular flexibility index (Phi) is 4.69. The molecular weight excluding hydrogens is 362 g/mol. The van der Waals surface area contributed by atoms with Crippen molar-refractivity contribution in [3.8, 4) is 11.6 Å². The van der Waals surface area contributed by atoms with E-state index in [0.717, 1.165) is 17.5 Å². The van der Waals surface area contributed by atoms with Gasteiger partial charge in [-0.25, -0.2) is 0 Å². The smallest absolute Gasteiger partial charge is 0.200 e. The molecule has 2 heterocycles. The number of nitrogens with zero attached hydrogens (tertiary/aromatic N) is 3. The first kappa shape index (κ1) is 15.4. The van der Waals surface area contributed by atoms with Crippen LogP contribution in [0.15, 0.2) is 56.7 Å². The zero-order valence-corrected chi connectivity index (χ0v) is 14.8. The molecule has 3 aromatic rings. The van der Waals surface area contributed by atoms with Crippen LogP contribution in [-0.2, 0) is 6.54 Å². The van der Waals surface area contributed by atoms with E-state index in [1.807, 2.05) is 30.3 Å². The molecule has 0 unspecified atom stereocenters. The van der Waals surface area contributed by atoms with E-state index in [0.29, 0.717) is 15.7 Å². The van der Waals surface area contributed by atoms with Crippen molar-refractivity contribution in [1.82, 2.24) is 14.8 Å². The fourth-order valence-electron chi connectivity index (χ4n) is 2.11. The number of aromatic nitrogens is 3. The molecule has 0 saturated heterocycles. The number of rotatable bonds is 5. The van der Waals surface area contributed by atoms with Crippen molar-refractivity contribution in [3.05, 3.63) is 52.7 Å². The van der Waals surface area contributed by atoms with E-state index in [4.69, 9.17) is 4.42 Å². The summed E-state index contributed by atoms with van der Waals surface area (Å²) in [6.45, 7) is 5.02. The summed E-state index contributed by atoms with van der Waals surface area (Å²) in [7, 11) is 0. The van der Waals surface area contributed by atoms with Gasteiger partial charge in [-0.15, -0.1) is 10.2 Å². The molecule has 1 aromatic carbocycles. The predicted molar refractivity (Wildman–Crippen MR) is 92.0 cm³/mol. The lowest BCUT2D eigenvalue weighted by Gasteiger charge is -2.10. The van der Waals surface area contributed by atoms with E-state index >= 15 is 0 Å². The summed E-state index contributed by atoms with van der Waals surface area (Å²) in [5, 5.41) is 10.0. The standard InChI is InChI=1S/C16H16BrN3OS/c1-11(2)22-16-19-18-15(13-8-9-14(17)21-13)20(16)10-12-6-4-3-5-7-12/h3-9,11H,10H2,1-2H3. The van der Waals surface area contributed by atoms with Crippen LogP contribution in [0.2, 0.25) is 0 Å². The van der Waals surface area contributed by atoms with Gasteiger partial charge >= 0.3 is 0 Å². The van der Waals surface area contributed by atoms with Crippen LogP contribution >= 0.6 is 27.7 Å². The number of hydrogen-bond acceptors (Lipinski definition) is 4. The highest BCUT2D eigenvalue weighted by molar-refractivity contribution is 9.10. The molecule has 22 heavy (non-hydrogen) atoms. The Morgan fingerprint density at radius 1 is 1.14 bits per heavy atom. The molecular formula is C16H16BrN3OS. The SMILES string of the molecule is CC(C)Sc1nnc(-c2ccc(Br)o2)n1Cc1ccccc1. The fourth-order valence-corrected chi connectivity index (χ4v) is 3.21. The first-order valence-electron chi connectivity index (χ1n) is 7.03. The molecule has 0 fully saturated rings. The Bertz CT molecular complexity index is 752. The van der Waals surface area contributed by atoms with Crippen molar-refractivity contribution in [2.24, 2.45) is 0 Å². The summed E-state index contributed by atoms with van der Waals surface area (Å²) in [5.41, 5.74) is 1.21. The average molecular weight is 378 g/mol. The molecule has 0 amide bonds. The zero-order valence-electron chi connectivity index (χ0n) is 12.4. The summed E-state index contributed by atoms with van der Waals surface area (Å²) >= 11 is 5.04. The largest absolute Gasteiger partial charge is 0.446 e. The summed E-state index contributed by atoms with van der Waals surface area (Å²) in [4.78, 5) is 0. The topological polar surface area (TPSA) is 43.9 Å². The predicted octanol–water partition coefficient (Wildman–Crippen LogP) is 4.85. The van der Waals surface area contributed by atoms with Gasteiger partial charge in [0, 0.05) is 5.25 Å². The van der Waals surface area contributed by atoms with Crippen molar-refractivity contribution in [2.45, 2.75) is 30.8 Å². The van der Waals surface area contributed by atoms with Crippen LogP contribution in [0.1, 0.15) is 19.4 Å². The second-order valence-electron chi connectivity index (χ2n) is 5.15. The van der Waals surface area contributed by atoms with Crippen molar-refractivity contribution in [1.29, 1.82) is 0 Å². The third-order valence-corrected chi connectivity index (χ3v) is 4.45. The molecule has 0 atom stereocenters. The van der Waals surface area contributed by atoms with E-state index < -0.39 is 0 Å². The zero-order chi connectivity index (χ0) is 15.5. The van der Waals surface area contributed by atoms with Crippen molar-refractivity contribution in [2.75, 3.05) is 0 Å². The first-order chi connectivity index (χ1) is 10.6. The number of halogens is 1. The maximum absolute atomic E-state index is 5.65. The summed E-state index contributed by atoms with van der Waals surface area (Å²) in [6, 6.07) is 14.1. The van der Waals surface area contributed by atoms with Crippen molar-refractivity contribution in [3.63, 3.8) is 0 Å². The minimum atomic E-state index is 0.440. The van der Waals surface area contributed by atoms with Crippen LogP contribution in [0, 0.1) is 0 Å². The summed E-state index contributed by atoms with van der Waals surface area (Å²) in [6.07, 6.45) is 0. The van der Waals surface area contributed by atoms with Crippen LogP contribution in [0.25, 0.3) is 11.6 Å². The molecule has 114 valence electrons. The third-order valence-electron chi connectivity index (χ3n) is 3.04. The molecule has 0 aliphatic rings. The molecule has 0 saturated carbocycles. The molecule has 6 heteroatoms. The Hall–Kier alpha value is -1.53. The van der Waals surface area contributed by atoms with Gasteiger partial charge in [0.25, 0.3) is 0 Å². The number of benzene rings is 1. The Balaban J connectivity index is 2.01. The number of hydrogen-bond donors (Lipinski definition) is 0. The Morgan fingerprint density at radius 3 is 2.55 bits per heavy atom. The van der Waals surface area contributed by atoms with E-state index in [-0.39, 0.29) is 0 Å². The van der Waals surface area contributed by atoms with Gasteiger partial charge in [0.1, 0.15) is 0 Å². The second kappa shape index (κ2) is 6.71. The minimum Gasteiger partial charge on any atom is -0.446 e. The van der Waals surface area contributed by atoms with E-state index in [9.17, 15) is 0 Å². The van der Waals surface area contributed by atoms with Crippen LogP contribution < -0.4 is 0 Å². The van der Waals surface area contributed by atoms with Crippen LogP contribution in [0.5, 0.6) is 0 Å². The van der Waals surface area contributed by atoms with E-state index in [2.05, 4.69) is 56.7 Å². The normalized spacial score (nSPS) is 11.3. The fraction of sp³-hybridized carbons (Fsp3) is 0.250. The maximum Gasteiger partial charge on any atom is 0.200 e. The lowest BCUT2D eigenvalue weighted by molar-refractivity contribution is 0.544. The third kappa shape index (κ3) is 3.44. The summed E-state index contributed by atoms with van der Waals surface area (Å²) < 4.78 is 8.44. The summed E-state index contributed by atoms with van der Waals surface area (Å²) in [5.74, 6) is 1.46. The molecule has 0 aliphatic carbocycles. The van der Waals surface area contributed by atoms with Gasteiger partial charge < -0.3 is 4.42 Å². The molecule has 0 bridgehead atoms. The first-order valence-corrected chi connectivity index (χ1v) is 8.70. The van der Waals surface area contributed by atoms with Gasteiger partial charge in [-0.1, -0.05) is 55.9 Å². The molecule has 2 aromatic heterocycles.